The molecule has 0 aliphatic carbocycles. The second kappa shape index (κ2) is 3.49. The van der Waals surface area contributed by atoms with Crippen molar-refractivity contribution in [2.45, 2.75) is 39.2 Å². The fourth-order valence-corrected chi connectivity index (χ4v) is 2.82. The van der Waals surface area contributed by atoms with Crippen molar-refractivity contribution < 1.29 is 0 Å². The molecule has 84 valence electrons. The van der Waals surface area contributed by atoms with E-state index in [4.69, 9.17) is 16.6 Å². The summed E-state index contributed by atoms with van der Waals surface area (Å²) in [4.78, 5) is 4.70. The summed E-state index contributed by atoms with van der Waals surface area (Å²) < 4.78 is 2.38. The van der Waals surface area contributed by atoms with Crippen LogP contribution in [0.5, 0.6) is 0 Å². The SMILES string of the molecule is CC[C@H]1CCc2nc3cc(C)c(Cl)cc3n21. The van der Waals surface area contributed by atoms with Crippen LogP contribution in [0.2, 0.25) is 5.02 Å². The van der Waals surface area contributed by atoms with E-state index in [2.05, 4.69) is 23.6 Å². The van der Waals surface area contributed by atoms with Gasteiger partial charge in [0, 0.05) is 17.5 Å². The minimum absolute atomic E-state index is 0.610. The molecule has 0 saturated heterocycles. The van der Waals surface area contributed by atoms with E-state index in [0.717, 1.165) is 22.5 Å². The predicted octanol–water partition coefficient (Wildman–Crippen LogP) is 3.90. The molecule has 1 aromatic carbocycles. The highest BCUT2D eigenvalue weighted by Gasteiger charge is 2.24. The first-order valence-electron chi connectivity index (χ1n) is 5.87. The van der Waals surface area contributed by atoms with Crippen LogP contribution in [-0.4, -0.2) is 9.55 Å². The zero-order chi connectivity index (χ0) is 11.3. The Hall–Kier alpha value is -1.02. The molecule has 0 fully saturated rings. The van der Waals surface area contributed by atoms with E-state index in [-0.39, 0.29) is 0 Å². The fourth-order valence-electron chi connectivity index (χ4n) is 2.67. The molecule has 1 aromatic heterocycles. The monoisotopic (exact) mass is 234 g/mol. The van der Waals surface area contributed by atoms with Gasteiger partial charge in [-0.1, -0.05) is 18.5 Å². The van der Waals surface area contributed by atoms with Crippen molar-refractivity contribution in [3.63, 3.8) is 0 Å². The molecule has 0 spiro atoms. The van der Waals surface area contributed by atoms with Gasteiger partial charge in [-0.25, -0.2) is 4.98 Å². The van der Waals surface area contributed by atoms with Gasteiger partial charge in [-0.2, -0.15) is 0 Å². The lowest BCUT2D eigenvalue weighted by Gasteiger charge is -2.11. The molecule has 0 unspecified atom stereocenters. The van der Waals surface area contributed by atoms with Crippen molar-refractivity contribution in [1.82, 2.24) is 9.55 Å². The summed E-state index contributed by atoms with van der Waals surface area (Å²) in [6, 6.07) is 4.77. The van der Waals surface area contributed by atoms with E-state index in [1.807, 2.05) is 6.92 Å². The molecule has 1 aliphatic rings. The van der Waals surface area contributed by atoms with Crippen molar-refractivity contribution in [3.05, 3.63) is 28.5 Å². The second-order valence-electron chi connectivity index (χ2n) is 4.59. The number of halogens is 1. The van der Waals surface area contributed by atoms with Crippen LogP contribution in [0.3, 0.4) is 0 Å². The Morgan fingerprint density at radius 3 is 3.06 bits per heavy atom. The maximum absolute atomic E-state index is 6.20. The Kier molecular flexibility index (Phi) is 2.21. The molecule has 0 amide bonds. The molecule has 0 bridgehead atoms. The average molecular weight is 235 g/mol. The summed E-state index contributed by atoms with van der Waals surface area (Å²) in [7, 11) is 0. The Morgan fingerprint density at radius 1 is 1.50 bits per heavy atom. The molecule has 2 aromatic rings. The number of fused-ring (bicyclic) bond motifs is 3. The number of hydrogen-bond acceptors (Lipinski definition) is 1. The van der Waals surface area contributed by atoms with E-state index in [9.17, 15) is 0 Å². The first kappa shape index (κ1) is 10.2. The van der Waals surface area contributed by atoms with E-state index in [0.29, 0.717) is 6.04 Å². The minimum Gasteiger partial charge on any atom is -0.325 e. The zero-order valence-electron chi connectivity index (χ0n) is 9.63. The Bertz CT molecular complexity index is 557. The first-order chi connectivity index (χ1) is 7.70. The summed E-state index contributed by atoms with van der Waals surface area (Å²) in [5, 5.41) is 0.844. The third kappa shape index (κ3) is 1.29. The van der Waals surface area contributed by atoms with Gasteiger partial charge >= 0.3 is 0 Å². The van der Waals surface area contributed by atoms with Gasteiger partial charge < -0.3 is 4.57 Å². The molecule has 3 rings (SSSR count). The van der Waals surface area contributed by atoms with Gasteiger partial charge in [0.1, 0.15) is 5.82 Å². The molecule has 0 saturated carbocycles. The number of aromatic nitrogens is 2. The molecule has 2 nitrogen and oxygen atoms in total. The lowest BCUT2D eigenvalue weighted by Crippen LogP contribution is -2.01. The molecule has 1 aliphatic heterocycles. The number of rotatable bonds is 1. The summed E-state index contributed by atoms with van der Waals surface area (Å²) >= 11 is 6.20. The van der Waals surface area contributed by atoms with Crippen LogP contribution in [0.15, 0.2) is 12.1 Å². The Morgan fingerprint density at radius 2 is 2.31 bits per heavy atom. The number of hydrogen-bond donors (Lipinski definition) is 0. The van der Waals surface area contributed by atoms with Crippen LogP contribution in [0.4, 0.5) is 0 Å². The van der Waals surface area contributed by atoms with Crippen molar-refractivity contribution in [2.24, 2.45) is 0 Å². The summed E-state index contributed by atoms with van der Waals surface area (Å²) in [5.74, 6) is 1.23. The van der Waals surface area contributed by atoms with Crippen LogP contribution in [0.1, 0.15) is 37.2 Å². The van der Waals surface area contributed by atoms with E-state index < -0.39 is 0 Å². The normalized spacial score (nSPS) is 19.3. The molecule has 3 heteroatoms. The maximum atomic E-state index is 6.20. The summed E-state index contributed by atoms with van der Waals surface area (Å²) in [6.45, 7) is 4.27. The standard InChI is InChI=1S/C13H15ClN2/c1-3-9-4-5-13-15-11-6-8(2)10(14)7-12(11)16(9)13/h6-7,9H,3-5H2,1-2H3/t9-/m0/s1. The van der Waals surface area contributed by atoms with Gasteiger partial charge in [-0.3, -0.25) is 0 Å². The van der Waals surface area contributed by atoms with Gasteiger partial charge in [0.15, 0.2) is 0 Å². The highest BCUT2D eigenvalue weighted by Crippen LogP contribution is 2.34. The number of imidazole rings is 1. The van der Waals surface area contributed by atoms with Gasteiger partial charge in [-0.05, 0) is 37.5 Å². The van der Waals surface area contributed by atoms with Crippen LogP contribution in [-0.2, 0) is 6.42 Å². The zero-order valence-corrected chi connectivity index (χ0v) is 10.4. The van der Waals surface area contributed by atoms with Crippen molar-refractivity contribution >= 4 is 22.6 Å². The van der Waals surface area contributed by atoms with Crippen molar-refractivity contribution in [1.29, 1.82) is 0 Å². The summed E-state index contributed by atoms with van der Waals surface area (Å²) in [6.07, 6.45) is 3.49. The van der Waals surface area contributed by atoms with E-state index >= 15 is 0 Å². The number of aryl methyl sites for hydroxylation is 2. The first-order valence-corrected chi connectivity index (χ1v) is 6.25. The van der Waals surface area contributed by atoms with Crippen molar-refractivity contribution in [3.8, 4) is 0 Å². The van der Waals surface area contributed by atoms with Crippen LogP contribution >= 0.6 is 11.6 Å². The lowest BCUT2D eigenvalue weighted by molar-refractivity contribution is 0.524. The highest BCUT2D eigenvalue weighted by atomic mass is 35.5. The molecule has 0 radical (unpaired) electrons. The van der Waals surface area contributed by atoms with E-state index in [1.54, 1.807) is 0 Å². The topological polar surface area (TPSA) is 17.8 Å². The van der Waals surface area contributed by atoms with Gasteiger partial charge in [0.2, 0.25) is 0 Å². The Labute approximate surface area is 100 Å². The van der Waals surface area contributed by atoms with Gasteiger partial charge in [0.05, 0.1) is 11.0 Å². The predicted molar refractivity (Wildman–Crippen MR) is 67.1 cm³/mol. The Balaban J connectivity index is 2.30. The molecule has 0 N–H and O–H groups in total. The quantitative estimate of drug-likeness (QED) is 0.732. The van der Waals surface area contributed by atoms with Crippen LogP contribution in [0, 0.1) is 6.92 Å². The summed E-state index contributed by atoms with van der Waals surface area (Å²) in [5.41, 5.74) is 3.41. The average Bonchev–Trinajstić information content (AvgIpc) is 2.78. The maximum Gasteiger partial charge on any atom is 0.110 e. The highest BCUT2D eigenvalue weighted by molar-refractivity contribution is 6.32. The largest absolute Gasteiger partial charge is 0.325 e. The third-order valence-corrected chi connectivity index (χ3v) is 3.99. The second-order valence-corrected chi connectivity index (χ2v) is 5.00. The van der Waals surface area contributed by atoms with Crippen LogP contribution in [0.25, 0.3) is 11.0 Å². The molecular formula is C13H15ClN2. The lowest BCUT2D eigenvalue weighted by atomic mass is 10.1. The van der Waals surface area contributed by atoms with Gasteiger partial charge in [-0.15, -0.1) is 0 Å². The van der Waals surface area contributed by atoms with Gasteiger partial charge in [0.25, 0.3) is 0 Å². The van der Waals surface area contributed by atoms with Crippen molar-refractivity contribution in [2.75, 3.05) is 0 Å². The third-order valence-electron chi connectivity index (χ3n) is 3.58. The number of nitrogens with zero attached hydrogens (tertiary/aromatic N) is 2. The molecule has 16 heavy (non-hydrogen) atoms. The number of benzene rings is 1. The molecular weight excluding hydrogens is 220 g/mol. The minimum atomic E-state index is 0.610. The van der Waals surface area contributed by atoms with Crippen LogP contribution < -0.4 is 0 Å². The van der Waals surface area contributed by atoms with E-state index in [1.165, 1.54) is 24.2 Å². The molecule has 1 atom stereocenters. The molecule has 2 heterocycles. The smallest absolute Gasteiger partial charge is 0.110 e. The fraction of sp³-hybridized carbons (Fsp3) is 0.462.